The van der Waals surface area contributed by atoms with Crippen molar-refractivity contribution < 1.29 is 14.3 Å². The molecule has 0 saturated carbocycles. The van der Waals surface area contributed by atoms with Crippen LogP contribution in [0.2, 0.25) is 0 Å². The van der Waals surface area contributed by atoms with E-state index in [-0.39, 0.29) is 18.1 Å². The molecule has 6 heteroatoms. The Morgan fingerprint density at radius 1 is 1.46 bits per heavy atom. The Kier molecular flexibility index (Phi) is 5.82. The van der Waals surface area contributed by atoms with E-state index >= 15 is 0 Å². The van der Waals surface area contributed by atoms with Crippen molar-refractivity contribution in [2.75, 3.05) is 13.2 Å². The van der Waals surface area contributed by atoms with Crippen LogP contribution >= 0.6 is 11.3 Å². The lowest BCUT2D eigenvalue weighted by Gasteiger charge is -2.32. The topological polar surface area (TPSA) is 60.5 Å². The molecule has 1 aliphatic rings. The quantitative estimate of drug-likeness (QED) is 0.874. The first kappa shape index (κ1) is 16.9. The van der Waals surface area contributed by atoms with Crippen molar-refractivity contribution in [1.29, 1.82) is 0 Å². The van der Waals surface area contributed by atoms with Crippen LogP contribution in [0.25, 0.3) is 0 Å². The van der Waals surface area contributed by atoms with Gasteiger partial charge in [0.05, 0.1) is 25.5 Å². The van der Waals surface area contributed by atoms with Crippen molar-refractivity contribution in [3.8, 4) is 5.75 Å². The van der Waals surface area contributed by atoms with Crippen LogP contribution in [0.1, 0.15) is 24.1 Å². The minimum atomic E-state index is -0.130. The van der Waals surface area contributed by atoms with Gasteiger partial charge in [-0.1, -0.05) is 0 Å². The van der Waals surface area contributed by atoms with E-state index in [1.54, 1.807) is 17.5 Å². The first-order valence-electron chi connectivity index (χ1n) is 8.18. The second-order valence-electron chi connectivity index (χ2n) is 5.96. The van der Waals surface area contributed by atoms with Gasteiger partial charge in [0, 0.05) is 18.5 Å². The highest BCUT2D eigenvalue weighted by Crippen LogP contribution is 2.18. The van der Waals surface area contributed by atoms with Crippen LogP contribution in [0, 0.1) is 6.92 Å². The highest BCUT2D eigenvalue weighted by Gasteiger charge is 2.28. The summed E-state index contributed by atoms with van der Waals surface area (Å²) in [5.41, 5.74) is 2.15. The first-order valence-corrected chi connectivity index (χ1v) is 9.12. The molecular formula is C18H22N2O3S. The summed E-state index contributed by atoms with van der Waals surface area (Å²) >= 11 is 1.65. The monoisotopic (exact) mass is 346 g/mol. The normalized spacial score (nSPS) is 20.5. The Balaban J connectivity index is 1.53. The van der Waals surface area contributed by atoms with E-state index in [0.717, 1.165) is 24.3 Å². The van der Waals surface area contributed by atoms with E-state index in [4.69, 9.17) is 9.47 Å². The minimum Gasteiger partial charge on any atom is -0.486 e. The number of hydrogen-bond donors (Lipinski definition) is 1. The van der Waals surface area contributed by atoms with Gasteiger partial charge in [0.25, 0.3) is 0 Å². The fourth-order valence-corrected chi connectivity index (χ4v) is 3.37. The number of carbonyl (C=O) groups excluding carboxylic acids is 1. The number of aromatic nitrogens is 1. The summed E-state index contributed by atoms with van der Waals surface area (Å²) in [6, 6.07) is 5.75. The molecule has 24 heavy (non-hydrogen) atoms. The Hall–Kier alpha value is -1.92. The molecule has 1 aliphatic heterocycles. The molecule has 2 aromatic rings. The van der Waals surface area contributed by atoms with Crippen LogP contribution in [0.5, 0.6) is 5.75 Å². The average molecular weight is 346 g/mol. The predicted octanol–water partition coefficient (Wildman–Crippen LogP) is 2.74. The van der Waals surface area contributed by atoms with Crippen molar-refractivity contribution in [1.82, 2.24) is 10.3 Å². The summed E-state index contributed by atoms with van der Waals surface area (Å²) in [6.45, 7) is 3.06. The first-order chi connectivity index (χ1) is 11.7. The van der Waals surface area contributed by atoms with E-state index < -0.39 is 0 Å². The van der Waals surface area contributed by atoms with Gasteiger partial charge < -0.3 is 14.8 Å². The lowest BCUT2D eigenvalue weighted by molar-refractivity contribution is -0.124. The summed E-state index contributed by atoms with van der Waals surface area (Å²) in [7, 11) is 0. The smallest absolute Gasteiger partial charge is 0.220 e. The third-order valence-corrected chi connectivity index (χ3v) is 4.76. The number of ether oxygens (including phenoxy) is 2. The van der Waals surface area contributed by atoms with Gasteiger partial charge in [0.1, 0.15) is 11.9 Å². The number of thiophene rings is 1. The number of nitrogens with zero attached hydrogens (tertiary/aromatic N) is 1. The number of carbonyl (C=O) groups is 1. The van der Waals surface area contributed by atoms with E-state index in [2.05, 4.69) is 21.7 Å². The van der Waals surface area contributed by atoms with Gasteiger partial charge in [-0.15, -0.1) is 0 Å². The lowest BCUT2D eigenvalue weighted by Crippen LogP contribution is -2.51. The fraction of sp³-hybridized carbons (Fsp3) is 0.444. The summed E-state index contributed by atoms with van der Waals surface area (Å²) in [6.07, 6.45) is 3.62. The molecule has 1 amide bonds. The van der Waals surface area contributed by atoms with E-state index in [1.807, 2.05) is 24.4 Å². The number of pyridine rings is 1. The largest absolute Gasteiger partial charge is 0.486 e. The summed E-state index contributed by atoms with van der Waals surface area (Å²) < 4.78 is 11.5. The van der Waals surface area contributed by atoms with Crippen LogP contribution in [0.4, 0.5) is 0 Å². The van der Waals surface area contributed by atoms with Crippen LogP contribution in [-0.2, 0) is 16.0 Å². The van der Waals surface area contributed by atoms with Crippen LogP contribution in [-0.4, -0.2) is 36.3 Å². The maximum absolute atomic E-state index is 12.2. The molecule has 1 N–H and O–H groups in total. The third-order valence-electron chi connectivity index (χ3n) is 4.03. The number of hydrogen-bond acceptors (Lipinski definition) is 5. The van der Waals surface area contributed by atoms with Gasteiger partial charge in [0.15, 0.2) is 0 Å². The molecule has 128 valence electrons. The Labute approximate surface area is 146 Å². The molecule has 0 aromatic carbocycles. The fourth-order valence-electron chi connectivity index (χ4n) is 2.66. The maximum Gasteiger partial charge on any atom is 0.220 e. The number of amides is 1. The van der Waals surface area contributed by atoms with Crippen LogP contribution in [0.3, 0.4) is 0 Å². The molecule has 5 nitrogen and oxygen atoms in total. The maximum atomic E-state index is 12.2. The molecular weight excluding hydrogens is 324 g/mol. The van der Waals surface area contributed by atoms with Gasteiger partial charge in [-0.05, 0) is 47.9 Å². The van der Waals surface area contributed by atoms with Gasteiger partial charge in [-0.3, -0.25) is 9.78 Å². The molecule has 2 aromatic heterocycles. The molecule has 1 fully saturated rings. The zero-order chi connectivity index (χ0) is 16.8. The lowest BCUT2D eigenvalue weighted by atomic mass is 10.1. The Morgan fingerprint density at radius 3 is 3.12 bits per heavy atom. The van der Waals surface area contributed by atoms with Gasteiger partial charge in [-0.25, -0.2) is 0 Å². The van der Waals surface area contributed by atoms with Crippen molar-refractivity contribution in [2.45, 2.75) is 38.3 Å². The van der Waals surface area contributed by atoms with Gasteiger partial charge in [-0.2, -0.15) is 11.3 Å². The highest BCUT2D eigenvalue weighted by atomic mass is 32.1. The standard InChI is InChI=1S/C18H22N2O3S/c1-13-2-4-15(10-19-13)23-17-6-8-22-11-16(17)20-18(21)5-3-14-7-9-24-12-14/h2,4,7,9-10,12,16-17H,3,5-6,8,11H2,1H3,(H,20,21)/t16-,17+/m1/s1. The molecule has 0 aliphatic carbocycles. The minimum absolute atomic E-state index is 0.0346. The molecule has 1 saturated heterocycles. The molecule has 0 radical (unpaired) electrons. The van der Waals surface area contributed by atoms with Crippen LogP contribution < -0.4 is 10.1 Å². The number of aryl methyl sites for hydroxylation is 2. The van der Waals surface area contributed by atoms with Crippen molar-refractivity contribution >= 4 is 17.2 Å². The van der Waals surface area contributed by atoms with Gasteiger partial charge in [0.2, 0.25) is 5.91 Å². The number of rotatable bonds is 6. The molecule has 0 spiro atoms. The van der Waals surface area contributed by atoms with E-state index in [1.165, 1.54) is 5.56 Å². The highest BCUT2D eigenvalue weighted by molar-refractivity contribution is 7.07. The molecule has 0 unspecified atom stereocenters. The van der Waals surface area contributed by atoms with Crippen molar-refractivity contribution in [3.05, 3.63) is 46.4 Å². The predicted molar refractivity (Wildman–Crippen MR) is 93.4 cm³/mol. The van der Waals surface area contributed by atoms with Gasteiger partial charge >= 0.3 is 0 Å². The van der Waals surface area contributed by atoms with Crippen molar-refractivity contribution in [2.24, 2.45) is 0 Å². The zero-order valence-electron chi connectivity index (χ0n) is 13.7. The zero-order valence-corrected chi connectivity index (χ0v) is 14.6. The third kappa shape index (κ3) is 4.79. The SMILES string of the molecule is Cc1ccc(O[C@H]2CCOC[C@H]2NC(=O)CCc2ccsc2)cn1. The molecule has 3 heterocycles. The Bertz CT molecular complexity index is 643. The summed E-state index contributed by atoms with van der Waals surface area (Å²) in [5.74, 6) is 0.761. The summed E-state index contributed by atoms with van der Waals surface area (Å²) in [4.78, 5) is 16.5. The van der Waals surface area contributed by atoms with Crippen molar-refractivity contribution in [3.63, 3.8) is 0 Å². The second-order valence-corrected chi connectivity index (χ2v) is 6.74. The molecule has 2 atom stereocenters. The molecule has 0 bridgehead atoms. The Morgan fingerprint density at radius 2 is 2.38 bits per heavy atom. The van der Waals surface area contributed by atoms with E-state index in [9.17, 15) is 4.79 Å². The summed E-state index contributed by atoms with van der Waals surface area (Å²) in [5, 5.41) is 7.16. The average Bonchev–Trinajstić information content (AvgIpc) is 3.10. The van der Waals surface area contributed by atoms with E-state index in [0.29, 0.717) is 19.6 Å². The van der Waals surface area contributed by atoms with Crippen LogP contribution in [0.15, 0.2) is 35.2 Å². The number of nitrogens with one attached hydrogen (secondary N) is 1. The molecule has 3 rings (SSSR count). The second kappa shape index (κ2) is 8.26.